The molecule has 1 aromatic carbocycles. The van der Waals surface area contributed by atoms with Gasteiger partial charge in [-0.25, -0.2) is 0 Å². The Morgan fingerprint density at radius 3 is 3.00 bits per heavy atom. The van der Waals surface area contributed by atoms with E-state index in [0.29, 0.717) is 6.04 Å². The molecule has 1 aromatic rings. The van der Waals surface area contributed by atoms with Crippen LogP contribution in [0.1, 0.15) is 43.9 Å². The molecule has 2 nitrogen and oxygen atoms in total. The zero-order valence-corrected chi connectivity index (χ0v) is 10.3. The van der Waals surface area contributed by atoms with Crippen molar-refractivity contribution in [2.24, 2.45) is 0 Å². The Morgan fingerprint density at radius 1 is 1.38 bits per heavy atom. The Labute approximate surface area is 98.0 Å². The van der Waals surface area contributed by atoms with Crippen molar-refractivity contribution in [3.63, 3.8) is 0 Å². The maximum atomic E-state index is 5.76. The molecule has 0 fully saturated rings. The second kappa shape index (κ2) is 5.35. The quantitative estimate of drug-likeness (QED) is 0.821. The zero-order valence-electron chi connectivity index (χ0n) is 10.3. The van der Waals surface area contributed by atoms with Gasteiger partial charge in [0.15, 0.2) is 0 Å². The number of rotatable bonds is 5. The first kappa shape index (κ1) is 11.5. The third-order valence-corrected chi connectivity index (χ3v) is 3.15. The van der Waals surface area contributed by atoms with Gasteiger partial charge in [0.05, 0.1) is 6.61 Å². The van der Waals surface area contributed by atoms with E-state index in [4.69, 9.17) is 4.74 Å². The number of ether oxygens (including phenoxy) is 1. The predicted octanol–water partition coefficient (Wildman–Crippen LogP) is 3.07. The highest BCUT2D eigenvalue weighted by atomic mass is 16.5. The summed E-state index contributed by atoms with van der Waals surface area (Å²) in [6.45, 7) is 6.24. The number of nitrogens with one attached hydrogen (secondary N) is 1. The minimum atomic E-state index is 0.447. The van der Waals surface area contributed by atoms with E-state index < -0.39 is 0 Å². The van der Waals surface area contributed by atoms with Gasteiger partial charge in [-0.2, -0.15) is 0 Å². The molecule has 0 aromatic heterocycles. The summed E-state index contributed by atoms with van der Waals surface area (Å²) in [5, 5.41) is 3.55. The number of para-hydroxylation sites is 1. The summed E-state index contributed by atoms with van der Waals surface area (Å²) in [4.78, 5) is 0. The van der Waals surface area contributed by atoms with Crippen LogP contribution in [0, 0.1) is 0 Å². The molecular weight excluding hydrogens is 198 g/mol. The van der Waals surface area contributed by atoms with E-state index in [1.807, 2.05) is 0 Å². The van der Waals surface area contributed by atoms with Crippen LogP contribution in [0.15, 0.2) is 18.2 Å². The summed E-state index contributed by atoms with van der Waals surface area (Å²) in [7, 11) is 0. The Hall–Kier alpha value is -1.02. The SMILES string of the molecule is CCCC(NCC)c1cccc2c1OCC2. The van der Waals surface area contributed by atoms with Gasteiger partial charge in [0.25, 0.3) is 0 Å². The fraction of sp³-hybridized carbons (Fsp3) is 0.571. The maximum absolute atomic E-state index is 5.76. The number of benzene rings is 1. The fourth-order valence-corrected chi connectivity index (χ4v) is 2.42. The molecule has 1 aliphatic heterocycles. The summed E-state index contributed by atoms with van der Waals surface area (Å²) in [6, 6.07) is 6.99. The molecule has 1 atom stereocenters. The van der Waals surface area contributed by atoms with Crippen LogP contribution in [0.5, 0.6) is 5.75 Å². The van der Waals surface area contributed by atoms with Crippen LogP contribution in [0.4, 0.5) is 0 Å². The molecule has 0 spiro atoms. The second-order valence-electron chi connectivity index (χ2n) is 4.33. The monoisotopic (exact) mass is 219 g/mol. The molecule has 0 aliphatic carbocycles. The minimum Gasteiger partial charge on any atom is -0.493 e. The highest BCUT2D eigenvalue weighted by Crippen LogP contribution is 2.34. The molecule has 88 valence electrons. The first-order valence-electron chi connectivity index (χ1n) is 6.34. The summed E-state index contributed by atoms with van der Waals surface area (Å²) in [6.07, 6.45) is 3.43. The van der Waals surface area contributed by atoms with Crippen LogP contribution >= 0.6 is 0 Å². The third kappa shape index (κ3) is 2.22. The van der Waals surface area contributed by atoms with Crippen molar-refractivity contribution in [2.45, 2.75) is 39.2 Å². The summed E-state index contributed by atoms with van der Waals surface area (Å²) < 4.78 is 5.76. The fourth-order valence-electron chi connectivity index (χ4n) is 2.42. The van der Waals surface area contributed by atoms with Gasteiger partial charge in [0.1, 0.15) is 5.75 Å². The van der Waals surface area contributed by atoms with Crippen LogP contribution in [0.2, 0.25) is 0 Å². The van der Waals surface area contributed by atoms with Crippen molar-refractivity contribution in [2.75, 3.05) is 13.2 Å². The first-order chi connectivity index (χ1) is 7.86. The van der Waals surface area contributed by atoms with Crippen molar-refractivity contribution in [1.29, 1.82) is 0 Å². The van der Waals surface area contributed by atoms with Crippen LogP contribution in [0.3, 0.4) is 0 Å². The van der Waals surface area contributed by atoms with Gasteiger partial charge in [-0.15, -0.1) is 0 Å². The number of hydrogen-bond acceptors (Lipinski definition) is 2. The van der Waals surface area contributed by atoms with Crippen LogP contribution in [-0.2, 0) is 6.42 Å². The minimum absolute atomic E-state index is 0.447. The van der Waals surface area contributed by atoms with Gasteiger partial charge in [-0.05, 0) is 18.5 Å². The Kier molecular flexibility index (Phi) is 3.83. The smallest absolute Gasteiger partial charge is 0.127 e. The van der Waals surface area contributed by atoms with E-state index in [9.17, 15) is 0 Å². The highest BCUT2D eigenvalue weighted by molar-refractivity contribution is 5.45. The van der Waals surface area contributed by atoms with E-state index >= 15 is 0 Å². The van der Waals surface area contributed by atoms with Gasteiger partial charge >= 0.3 is 0 Å². The van der Waals surface area contributed by atoms with Gasteiger partial charge < -0.3 is 10.1 Å². The lowest BCUT2D eigenvalue weighted by Gasteiger charge is -2.20. The van der Waals surface area contributed by atoms with Crippen molar-refractivity contribution in [3.8, 4) is 5.75 Å². The lowest BCUT2D eigenvalue weighted by Crippen LogP contribution is -2.21. The van der Waals surface area contributed by atoms with Gasteiger partial charge in [0.2, 0.25) is 0 Å². The molecule has 1 aliphatic rings. The largest absolute Gasteiger partial charge is 0.493 e. The molecule has 0 bridgehead atoms. The van der Waals surface area contributed by atoms with Gasteiger partial charge in [0, 0.05) is 18.0 Å². The first-order valence-corrected chi connectivity index (χ1v) is 6.34. The molecule has 1 unspecified atom stereocenters. The lowest BCUT2D eigenvalue weighted by molar-refractivity contribution is 0.347. The Morgan fingerprint density at radius 2 is 2.25 bits per heavy atom. The van der Waals surface area contributed by atoms with Crippen molar-refractivity contribution in [1.82, 2.24) is 5.32 Å². The molecule has 0 saturated heterocycles. The molecule has 2 rings (SSSR count). The van der Waals surface area contributed by atoms with E-state index in [0.717, 1.165) is 25.3 Å². The van der Waals surface area contributed by atoms with Gasteiger partial charge in [-0.1, -0.05) is 38.5 Å². The van der Waals surface area contributed by atoms with Crippen LogP contribution < -0.4 is 10.1 Å². The molecule has 2 heteroatoms. The second-order valence-corrected chi connectivity index (χ2v) is 4.33. The van der Waals surface area contributed by atoms with E-state index in [-0.39, 0.29) is 0 Å². The standard InChI is InChI=1S/C14H21NO/c1-3-6-13(15-4-2)12-8-5-7-11-9-10-16-14(11)12/h5,7-8,13,15H,3-4,6,9-10H2,1-2H3. The molecule has 0 saturated carbocycles. The van der Waals surface area contributed by atoms with Gasteiger partial charge in [-0.3, -0.25) is 0 Å². The lowest BCUT2D eigenvalue weighted by atomic mass is 9.98. The number of fused-ring (bicyclic) bond motifs is 1. The average Bonchev–Trinajstić information content (AvgIpc) is 2.76. The molecule has 1 N–H and O–H groups in total. The zero-order chi connectivity index (χ0) is 11.4. The van der Waals surface area contributed by atoms with E-state index in [2.05, 4.69) is 37.4 Å². The number of hydrogen-bond donors (Lipinski definition) is 1. The van der Waals surface area contributed by atoms with Crippen molar-refractivity contribution >= 4 is 0 Å². The van der Waals surface area contributed by atoms with E-state index in [1.54, 1.807) is 0 Å². The maximum Gasteiger partial charge on any atom is 0.127 e. The molecule has 16 heavy (non-hydrogen) atoms. The van der Waals surface area contributed by atoms with Crippen LogP contribution in [-0.4, -0.2) is 13.2 Å². The van der Waals surface area contributed by atoms with E-state index in [1.165, 1.54) is 24.0 Å². The predicted molar refractivity (Wildman–Crippen MR) is 67.0 cm³/mol. The normalized spacial score (nSPS) is 15.6. The summed E-state index contributed by atoms with van der Waals surface area (Å²) >= 11 is 0. The van der Waals surface area contributed by atoms with Crippen molar-refractivity contribution in [3.05, 3.63) is 29.3 Å². The molecule has 1 heterocycles. The highest BCUT2D eigenvalue weighted by Gasteiger charge is 2.20. The Balaban J connectivity index is 2.26. The summed E-state index contributed by atoms with van der Waals surface area (Å²) in [5.74, 6) is 1.14. The molecular formula is C14H21NO. The third-order valence-electron chi connectivity index (χ3n) is 3.15. The summed E-state index contributed by atoms with van der Waals surface area (Å²) in [5.41, 5.74) is 2.72. The van der Waals surface area contributed by atoms with Crippen LogP contribution in [0.25, 0.3) is 0 Å². The molecule has 0 radical (unpaired) electrons. The Bertz CT molecular complexity index is 343. The van der Waals surface area contributed by atoms with Crippen molar-refractivity contribution < 1.29 is 4.74 Å². The average molecular weight is 219 g/mol. The topological polar surface area (TPSA) is 21.3 Å². The molecule has 0 amide bonds.